The van der Waals surface area contributed by atoms with Crippen LogP contribution in [0.3, 0.4) is 0 Å². The van der Waals surface area contributed by atoms with Crippen LogP contribution in [0.5, 0.6) is 17.2 Å². The number of benzene rings is 2. The zero-order valence-electron chi connectivity index (χ0n) is 19.1. The number of aromatic hydroxyl groups is 1. The van der Waals surface area contributed by atoms with Crippen molar-refractivity contribution >= 4 is 96.3 Å². The van der Waals surface area contributed by atoms with Crippen LogP contribution in [0.15, 0.2) is 24.3 Å². The van der Waals surface area contributed by atoms with Crippen LogP contribution >= 0.6 is 90.4 Å². The van der Waals surface area contributed by atoms with E-state index in [1.807, 2.05) is 12.1 Å². The number of hydrazine groups is 3. The summed E-state index contributed by atoms with van der Waals surface area (Å²) >= 11 is 8.54. The molecule has 1 aliphatic heterocycles. The third-order valence-corrected chi connectivity index (χ3v) is 11.3. The van der Waals surface area contributed by atoms with Crippen molar-refractivity contribution in [2.75, 3.05) is 20.0 Å². The van der Waals surface area contributed by atoms with E-state index in [0.29, 0.717) is 26.5 Å². The van der Waals surface area contributed by atoms with Gasteiger partial charge in [-0.3, -0.25) is 4.79 Å². The van der Waals surface area contributed by atoms with Gasteiger partial charge >= 0.3 is 5.97 Å². The summed E-state index contributed by atoms with van der Waals surface area (Å²) in [4.78, 5) is 41.9. The third-order valence-electron chi connectivity index (χ3n) is 4.80. The first-order chi connectivity index (χ1) is 18.1. The summed E-state index contributed by atoms with van der Waals surface area (Å²) in [7, 11) is 0. The van der Waals surface area contributed by atoms with Gasteiger partial charge in [0.1, 0.15) is 23.3 Å². The molecule has 3 rings (SSSR count). The summed E-state index contributed by atoms with van der Waals surface area (Å²) < 4.78 is 9.36. The van der Waals surface area contributed by atoms with Crippen molar-refractivity contribution in [3.8, 4) is 17.2 Å². The number of ether oxygens (including phenoxy) is 1. The van der Waals surface area contributed by atoms with Crippen molar-refractivity contribution in [3.05, 3.63) is 74.5 Å². The number of aliphatic carboxylic acids is 1. The van der Waals surface area contributed by atoms with Crippen molar-refractivity contribution in [2.45, 2.75) is 12.5 Å². The summed E-state index contributed by atoms with van der Waals surface area (Å²) in [5, 5.41) is 48.0. The van der Waals surface area contributed by atoms with Crippen LogP contribution in [0.4, 0.5) is 0 Å². The van der Waals surface area contributed by atoms with E-state index in [1.165, 1.54) is 0 Å². The topological polar surface area (TPSA) is 232 Å². The quantitative estimate of drug-likeness (QED) is 0.196. The number of halogens is 4. The van der Waals surface area contributed by atoms with Gasteiger partial charge in [0, 0.05) is 3.57 Å². The van der Waals surface area contributed by atoms with Crippen LogP contribution in [0.1, 0.15) is 5.56 Å². The van der Waals surface area contributed by atoms with Gasteiger partial charge in [0.05, 0.1) is 10.7 Å². The van der Waals surface area contributed by atoms with E-state index in [9.17, 15) is 40.2 Å². The summed E-state index contributed by atoms with van der Waals surface area (Å²) in [6.45, 7) is -1.78. The minimum absolute atomic E-state index is 0.217. The lowest BCUT2D eigenvalue weighted by atomic mass is 10.1. The van der Waals surface area contributed by atoms with Crippen LogP contribution in [0, 0.1) is 44.6 Å². The molecule has 0 saturated carbocycles. The summed E-state index contributed by atoms with van der Waals surface area (Å²) in [5.41, 5.74) is 6.49. The van der Waals surface area contributed by atoms with Gasteiger partial charge in [0.2, 0.25) is 20.0 Å². The highest BCUT2D eigenvalue weighted by Crippen LogP contribution is 2.37. The number of carbonyl (C=O) groups is 1. The average molecular weight is 999 g/mol. The molecule has 0 amide bonds. The van der Waals surface area contributed by atoms with Gasteiger partial charge in [-0.25, -0.2) is 30.3 Å². The Kier molecular flexibility index (Phi) is 12.4. The Morgan fingerprint density at radius 2 is 1.26 bits per heavy atom. The maximum Gasteiger partial charge on any atom is 0.320 e. The Balaban J connectivity index is 0.000000306. The Hall–Kier alpha value is -2.01. The smallest absolute Gasteiger partial charge is 0.320 e. The van der Waals surface area contributed by atoms with E-state index in [0.717, 1.165) is 19.8 Å². The molecule has 2 aromatic rings. The van der Waals surface area contributed by atoms with Gasteiger partial charge in [-0.05, 0) is 121 Å². The molecule has 0 bridgehead atoms. The molecule has 39 heavy (non-hydrogen) atoms. The highest BCUT2D eigenvalue weighted by Gasteiger charge is 2.39. The zero-order chi connectivity index (χ0) is 29.6. The molecule has 0 unspecified atom stereocenters. The molecule has 1 atom stereocenters. The van der Waals surface area contributed by atoms with Gasteiger partial charge in [-0.15, -0.1) is 0 Å². The number of phenolic OH excluding ortho intramolecular Hbond substituents is 1. The molecule has 0 spiro atoms. The first-order valence-electron chi connectivity index (χ1n) is 10.1. The molecule has 21 heteroatoms. The number of hydrogen-bond acceptors (Lipinski definition) is 10. The molecule has 1 fully saturated rings. The van der Waals surface area contributed by atoms with Crippen molar-refractivity contribution in [3.63, 3.8) is 0 Å². The van der Waals surface area contributed by atoms with E-state index in [-0.39, 0.29) is 12.2 Å². The number of nitro groups is 3. The molecule has 4 N–H and O–H groups in total. The molecule has 1 heterocycles. The van der Waals surface area contributed by atoms with Crippen LogP contribution < -0.4 is 10.5 Å². The average Bonchev–Trinajstić information content (AvgIpc) is 2.88. The molecule has 2 aromatic carbocycles. The fraction of sp³-hybridized carbons (Fsp3) is 0.278. The lowest BCUT2D eigenvalue weighted by Crippen LogP contribution is -2.59. The molecule has 1 aliphatic rings. The molecular weight excluding hydrogens is 982 g/mol. The van der Waals surface area contributed by atoms with E-state index in [1.54, 1.807) is 12.1 Å². The van der Waals surface area contributed by atoms with Crippen LogP contribution in [0.2, 0.25) is 0 Å². The van der Waals surface area contributed by atoms with Gasteiger partial charge in [-0.2, -0.15) is 0 Å². The SMILES string of the molecule is N[C@@H](Cc1ccc(Oc2ccc(O)c(I)c2I)c(I)c1I)C(=O)O.O=[N+]([O-])N1CN([N+](=O)[O-])CN([N+](=O)[O-])C1. The highest BCUT2D eigenvalue weighted by atomic mass is 127. The molecule has 17 nitrogen and oxygen atoms in total. The molecular formula is C18H17I4N7O10. The van der Waals surface area contributed by atoms with Gasteiger partial charge in [-0.1, -0.05) is 21.1 Å². The Morgan fingerprint density at radius 3 is 1.67 bits per heavy atom. The summed E-state index contributed by atoms with van der Waals surface area (Å²) in [6.07, 6.45) is 0.262. The number of carboxylic acid groups (broad SMARTS) is 1. The Morgan fingerprint density at radius 1 is 0.846 bits per heavy atom. The molecule has 0 radical (unpaired) electrons. The predicted octanol–water partition coefficient (Wildman–Crippen LogP) is 2.91. The fourth-order valence-corrected chi connectivity index (χ4v) is 5.17. The number of phenols is 1. The summed E-state index contributed by atoms with van der Waals surface area (Å²) in [6, 6.07) is 6.03. The maximum absolute atomic E-state index is 10.9. The standard InChI is InChI=1S/C15H11I4NO4.C3H6N6O6/c16-11-6(5-7(20)15(22)23)1-3-9(13(11)18)24-10-4-2-8(21)12(17)14(10)19;10-7(11)4-1-5(8(12)13)3-6(2-4)9(14)15/h1-4,7,21H,5,20H2,(H,22,23);1-3H2/t7-;/m0./s1. The van der Waals surface area contributed by atoms with Crippen molar-refractivity contribution in [1.82, 2.24) is 15.0 Å². The molecule has 1 saturated heterocycles. The first kappa shape index (κ1) is 33.2. The number of carboxylic acids is 1. The number of nitrogens with two attached hydrogens (primary N) is 1. The minimum Gasteiger partial charge on any atom is -0.507 e. The van der Waals surface area contributed by atoms with E-state index < -0.39 is 47.1 Å². The van der Waals surface area contributed by atoms with Crippen molar-refractivity contribution in [1.29, 1.82) is 0 Å². The number of rotatable bonds is 8. The zero-order valence-corrected chi connectivity index (χ0v) is 27.8. The second-order valence-corrected chi connectivity index (χ2v) is 11.8. The second-order valence-electron chi connectivity index (χ2n) is 7.47. The van der Waals surface area contributed by atoms with Crippen LogP contribution in [-0.2, 0) is 11.2 Å². The van der Waals surface area contributed by atoms with E-state index in [4.69, 9.17) is 15.6 Å². The number of nitrogens with zero attached hydrogens (tertiary/aromatic N) is 6. The summed E-state index contributed by atoms with van der Waals surface area (Å²) in [5.74, 6) is 0.526. The highest BCUT2D eigenvalue weighted by molar-refractivity contribution is 14.1. The monoisotopic (exact) mass is 999 g/mol. The van der Waals surface area contributed by atoms with E-state index in [2.05, 4.69) is 90.4 Å². The lowest BCUT2D eigenvalue weighted by molar-refractivity contribution is -0.775. The largest absolute Gasteiger partial charge is 0.507 e. The maximum atomic E-state index is 10.9. The Bertz CT molecular complexity index is 1230. The molecule has 0 aliphatic carbocycles. The van der Waals surface area contributed by atoms with Gasteiger partial charge in [0.25, 0.3) is 0 Å². The van der Waals surface area contributed by atoms with Gasteiger partial charge in [0.15, 0.2) is 15.1 Å². The van der Waals surface area contributed by atoms with Gasteiger partial charge < -0.3 is 20.7 Å². The van der Waals surface area contributed by atoms with Crippen molar-refractivity contribution in [2.24, 2.45) is 5.73 Å². The minimum atomic E-state index is -1.02. The van der Waals surface area contributed by atoms with Crippen LogP contribution in [-0.4, -0.2) is 72.4 Å². The predicted molar refractivity (Wildman–Crippen MR) is 166 cm³/mol. The molecule has 0 aromatic heterocycles. The first-order valence-corrected chi connectivity index (χ1v) is 14.4. The Labute approximate surface area is 273 Å². The second kappa shape index (κ2) is 14.6. The molecule has 212 valence electrons. The number of hydrogen-bond donors (Lipinski definition) is 3. The normalized spacial score (nSPS) is 13.7. The van der Waals surface area contributed by atoms with Crippen LogP contribution in [0.25, 0.3) is 0 Å². The van der Waals surface area contributed by atoms with E-state index >= 15 is 0 Å². The third kappa shape index (κ3) is 8.99. The van der Waals surface area contributed by atoms with Crippen molar-refractivity contribution < 1.29 is 34.8 Å². The lowest BCUT2D eigenvalue weighted by Gasteiger charge is -2.27. The fourth-order valence-electron chi connectivity index (χ4n) is 2.86.